The van der Waals surface area contributed by atoms with Gasteiger partial charge < -0.3 is 10.6 Å². The number of allylic oxidation sites excluding steroid dienone is 1. The summed E-state index contributed by atoms with van der Waals surface area (Å²) in [6.07, 6.45) is 1.25. The predicted molar refractivity (Wildman–Crippen MR) is 99.1 cm³/mol. The Kier molecular flexibility index (Phi) is 3.60. The summed E-state index contributed by atoms with van der Waals surface area (Å²) >= 11 is 1.62. The van der Waals surface area contributed by atoms with Gasteiger partial charge in [-0.05, 0) is 39.7 Å². The van der Waals surface area contributed by atoms with Crippen molar-refractivity contribution in [3.05, 3.63) is 69.6 Å². The summed E-state index contributed by atoms with van der Waals surface area (Å²) in [5, 5.41) is 16.5. The minimum Gasteiger partial charge on any atom is -0.352 e. The van der Waals surface area contributed by atoms with Gasteiger partial charge >= 0.3 is 0 Å². The zero-order chi connectivity index (χ0) is 17.5. The third-order valence-corrected chi connectivity index (χ3v) is 5.87. The molecular formula is C19H16N4O2S. The van der Waals surface area contributed by atoms with Crippen molar-refractivity contribution in [2.45, 2.75) is 24.8 Å². The van der Waals surface area contributed by atoms with Crippen molar-refractivity contribution in [3.8, 4) is 0 Å². The van der Waals surface area contributed by atoms with E-state index in [0.29, 0.717) is 18.1 Å². The molecule has 1 aliphatic heterocycles. The molecule has 2 atom stereocenters. The van der Waals surface area contributed by atoms with Crippen molar-refractivity contribution in [1.82, 2.24) is 10.3 Å². The van der Waals surface area contributed by atoms with E-state index in [0.717, 1.165) is 22.6 Å². The lowest BCUT2D eigenvalue weighted by atomic mass is 9.79. The summed E-state index contributed by atoms with van der Waals surface area (Å²) < 4.78 is 4.88. The number of thiophene rings is 1. The Hall–Kier alpha value is -2.93. The molecule has 0 spiro atoms. The van der Waals surface area contributed by atoms with Gasteiger partial charge in [-0.2, -0.15) is 0 Å². The number of hydrogen-bond acceptors (Lipinski definition) is 7. The molecule has 0 radical (unpaired) electrons. The van der Waals surface area contributed by atoms with Gasteiger partial charge in [0.15, 0.2) is 5.78 Å². The Labute approximate surface area is 153 Å². The molecule has 6 nitrogen and oxygen atoms in total. The van der Waals surface area contributed by atoms with Gasteiger partial charge in [0.1, 0.15) is 0 Å². The van der Waals surface area contributed by atoms with Crippen LogP contribution in [0.25, 0.3) is 0 Å². The second-order valence-electron chi connectivity index (χ2n) is 6.51. The molecule has 0 fully saturated rings. The van der Waals surface area contributed by atoms with E-state index < -0.39 is 0 Å². The van der Waals surface area contributed by atoms with Gasteiger partial charge in [0.2, 0.25) is 11.6 Å². The molecule has 0 saturated carbocycles. The van der Waals surface area contributed by atoms with Crippen LogP contribution in [0.3, 0.4) is 0 Å². The minimum atomic E-state index is -0.241. The maximum Gasteiger partial charge on any atom is 0.219 e. The van der Waals surface area contributed by atoms with Crippen LogP contribution in [0, 0.1) is 0 Å². The van der Waals surface area contributed by atoms with Crippen LogP contribution in [0.1, 0.15) is 35.2 Å². The lowest BCUT2D eigenvalue weighted by molar-refractivity contribution is -0.116. The van der Waals surface area contributed by atoms with Gasteiger partial charge in [-0.3, -0.25) is 4.79 Å². The third kappa shape index (κ3) is 2.52. The summed E-state index contributed by atoms with van der Waals surface area (Å²) in [6, 6.07) is 14.0. The van der Waals surface area contributed by atoms with Crippen LogP contribution < -0.4 is 10.6 Å². The van der Waals surface area contributed by atoms with Crippen LogP contribution in [0.15, 0.2) is 63.7 Å². The number of hydrogen-bond donors (Lipinski definition) is 2. The molecular weight excluding hydrogens is 348 g/mol. The molecule has 130 valence electrons. The van der Waals surface area contributed by atoms with Crippen molar-refractivity contribution in [2.24, 2.45) is 0 Å². The number of aromatic nitrogens is 2. The largest absolute Gasteiger partial charge is 0.352 e. The van der Waals surface area contributed by atoms with Crippen LogP contribution in [0.5, 0.6) is 0 Å². The number of nitrogens with one attached hydrogen (secondary N) is 2. The zero-order valence-electron chi connectivity index (χ0n) is 13.8. The second kappa shape index (κ2) is 6.10. The topological polar surface area (TPSA) is 80.1 Å². The van der Waals surface area contributed by atoms with Crippen LogP contribution >= 0.6 is 11.3 Å². The molecule has 26 heavy (non-hydrogen) atoms. The Morgan fingerprint density at radius 3 is 2.69 bits per heavy atom. The van der Waals surface area contributed by atoms with Gasteiger partial charge in [0, 0.05) is 22.6 Å². The molecule has 3 heterocycles. The fourth-order valence-electron chi connectivity index (χ4n) is 3.73. The van der Waals surface area contributed by atoms with Gasteiger partial charge in [-0.1, -0.05) is 36.4 Å². The standard InChI is InChI=1S/C19H16N4O2S/c24-14-10-12(11-5-2-1-3-6-11)9-13-16(14)17(15-7-4-8-26-15)21-19-18(20-13)22-25-23-19/h1-8,12,17H,9-10H2,(H,20,22)(H,21,23). The monoisotopic (exact) mass is 364 g/mol. The average molecular weight is 364 g/mol. The van der Waals surface area contributed by atoms with E-state index in [1.54, 1.807) is 11.3 Å². The van der Waals surface area contributed by atoms with Crippen molar-refractivity contribution >= 4 is 28.8 Å². The fraction of sp³-hybridized carbons (Fsp3) is 0.211. The molecule has 0 amide bonds. The molecule has 2 N–H and O–H groups in total. The van der Waals surface area contributed by atoms with Crippen molar-refractivity contribution < 1.29 is 9.42 Å². The van der Waals surface area contributed by atoms with E-state index in [4.69, 9.17) is 4.63 Å². The maximum atomic E-state index is 13.1. The third-order valence-electron chi connectivity index (χ3n) is 4.93. The van der Waals surface area contributed by atoms with Crippen LogP contribution in [-0.4, -0.2) is 16.1 Å². The molecule has 3 aromatic rings. The Bertz CT molecular complexity index is 978. The molecule has 0 bridgehead atoms. The number of carbonyl (C=O) groups excluding carboxylic acids is 1. The highest BCUT2D eigenvalue weighted by molar-refractivity contribution is 7.10. The summed E-state index contributed by atoms with van der Waals surface area (Å²) in [7, 11) is 0. The quantitative estimate of drug-likeness (QED) is 0.712. The van der Waals surface area contributed by atoms with Crippen molar-refractivity contribution in [2.75, 3.05) is 10.6 Å². The van der Waals surface area contributed by atoms with Gasteiger partial charge in [0.05, 0.1) is 6.04 Å². The molecule has 2 aromatic heterocycles. The van der Waals surface area contributed by atoms with E-state index in [9.17, 15) is 4.79 Å². The first-order valence-corrected chi connectivity index (χ1v) is 9.38. The van der Waals surface area contributed by atoms with E-state index in [1.807, 2.05) is 35.7 Å². The molecule has 0 saturated heterocycles. The van der Waals surface area contributed by atoms with Crippen molar-refractivity contribution in [1.29, 1.82) is 0 Å². The number of rotatable bonds is 2. The van der Waals surface area contributed by atoms with Gasteiger partial charge in [0.25, 0.3) is 0 Å². The van der Waals surface area contributed by atoms with Crippen LogP contribution in [0.4, 0.5) is 11.6 Å². The van der Waals surface area contributed by atoms with Gasteiger partial charge in [-0.15, -0.1) is 11.3 Å². The normalized spacial score (nSPS) is 22.1. The Balaban J connectivity index is 1.60. The fourth-order valence-corrected chi connectivity index (χ4v) is 4.52. The number of fused-ring (bicyclic) bond motifs is 1. The first kappa shape index (κ1) is 15.3. The smallest absolute Gasteiger partial charge is 0.219 e. The number of carbonyl (C=O) groups is 1. The number of nitrogens with zero attached hydrogens (tertiary/aromatic N) is 2. The van der Waals surface area contributed by atoms with E-state index >= 15 is 0 Å². The van der Waals surface area contributed by atoms with E-state index in [2.05, 4.69) is 33.1 Å². The van der Waals surface area contributed by atoms with E-state index in [-0.39, 0.29) is 17.7 Å². The summed E-state index contributed by atoms with van der Waals surface area (Å²) in [5.41, 5.74) is 2.85. The van der Waals surface area contributed by atoms with Gasteiger partial charge in [-0.25, -0.2) is 4.63 Å². The molecule has 2 unspecified atom stereocenters. The highest BCUT2D eigenvalue weighted by Gasteiger charge is 2.37. The molecule has 2 aliphatic rings. The summed E-state index contributed by atoms with van der Waals surface area (Å²) in [5.74, 6) is 1.36. The van der Waals surface area contributed by atoms with Crippen LogP contribution in [0.2, 0.25) is 0 Å². The predicted octanol–water partition coefficient (Wildman–Crippen LogP) is 4.11. The SMILES string of the molecule is O=C1CC(c2ccccc2)CC2=C1C(c1cccs1)Nc1nonc1N2. The zero-order valence-corrected chi connectivity index (χ0v) is 14.6. The highest BCUT2D eigenvalue weighted by Crippen LogP contribution is 2.44. The molecule has 5 rings (SSSR count). The lowest BCUT2D eigenvalue weighted by Crippen LogP contribution is -2.26. The molecule has 1 aromatic carbocycles. The average Bonchev–Trinajstić information content (AvgIpc) is 3.31. The first-order valence-electron chi connectivity index (χ1n) is 8.50. The Morgan fingerprint density at radius 2 is 1.88 bits per heavy atom. The number of Topliss-reactive ketones (excluding diaryl/α,β-unsaturated/α-hetero) is 1. The lowest BCUT2D eigenvalue weighted by Gasteiger charge is -2.29. The van der Waals surface area contributed by atoms with E-state index in [1.165, 1.54) is 5.56 Å². The number of ketones is 1. The molecule has 1 aliphatic carbocycles. The highest BCUT2D eigenvalue weighted by atomic mass is 32.1. The van der Waals surface area contributed by atoms with Crippen LogP contribution in [-0.2, 0) is 4.79 Å². The number of anilines is 2. The number of benzene rings is 1. The second-order valence-corrected chi connectivity index (χ2v) is 7.49. The first-order chi connectivity index (χ1) is 12.8. The minimum absolute atomic E-state index is 0.153. The molecule has 7 heteroatoms. The summed E-state index contributed by atoms with van der Waals surface area (Å²) in [6.45, 7) is 0. The van der Waals surface area contributed by atoms with Crippen molar-refractivity contribution in [3.63, 3.8) is 0 Å². The summed E-state index contributed by atoms with van der Waals surface area (Å²) in [4.78, 5) is 14.2. The Morgan fingerprint density at radius 1 is 1.04 bits per heavy atom. The maximum absolute atomic E-state index is 13.1.